The molecule has 0 amide bonds. The average Bonchev–Trinajstić information content (AvgIpc) is 3.57. The Kier molecular flexibility index (Phi) is 8.55. The summed E-state index contributed by atoms with van der Waals surface area (Å²) in [6.07, 6.45) is 7.27. The van der Waals surface area contributed by atoms with Crippen LogP contribution in [0.2, 0.25) is 0 Å². The summed E-state index contributed by atoms with van der Waals surface area (Å²) in [6.45, 7) is 18.0. The standard InChI is InChI=1S/C55H74N2O12/c1-25-31-17-43-55(67-43)50(31,24-65-53(25)44(62)26(2)45(4,5)68-53)40(60)19-38-48(8)21-37-35(15-29(48)12-13-51(38,55)63)56-36-20-47(7)28(14-34(36)57-37)10-11-30-32(47)16-39(59)49(9)33(30)18-42-52(49,64)27(3)54(66-42)41(61)22-46(6,23-58)69-54/h18-19,25-32,39,41-44,58-59,61-64H,10-17,20-24H2,1-9H3/t25-,26+,27+,28+,29+,30-,31-,32+,39-,41-,42+,43+,44-,46+,47+,48+,49-,50+,51+,52-,53+,54+,55+/m1/s1. The molecular formula is C55H74N2O12. The Hall–Kier alpha value is -2.21. The van der Waals surface area contributed by atoms with Gasteiger partial charge in [0.2, 0.25) is 5.79 Å². The number of ether oxygens (including phenoxy) is 5. The largest absolute Gasteiger partial charge is 0.393 e. The zero-order valence-corrected chi connectivity index (χ0v) is 41.9. The van der Waals surface area contributed by atoms with Gasteiger partial charge in [-0.25, -0.2) is 0 Å². The van der Waals surface area contributed by atoms with Crippen molar-refractivity contribution in [2.75, 3.05) is 13.2 Å². The first-order valence-corrected chi connectivity index (χ1v) is 26.7. The van der Waals surface area contributed by atoms with Crippen molar-refractivity contribution in [2.45, 2.75) is 203 Å². The number of epoxide rings is 1. The Bertz CT molecular complexity index is 2590. The predicted molar refractivity (Wildman–Crippen MR) is 246 cm³/mol. The maximum atomic E-state index is 15.1. The molecule has 14 heteroatoms. The highest BCUT2D eigenvalue weighted by Gasteiger charge is 2.91. The molecule has 69 heavy (non-hydrogen) atoms. The minimum absolute atomic E-state index is 0.0323. The van der Waals surface area contributed by atoms with Gasteiger partial charge in [-0.1, -0.05) is 53.2 Å². The fourth-order valence-electron chi connectivity index (χ4n) is 19.9. The molecule has 6 N–H and O–H groups in total. The number of aromatic nitrogens is 2. The number of aliphatic hydroxyl groups excluding tert-OH is 4. The Labute approximate surface area is 405 Å². The molecule has 0 unspecified atom stereocenters. The van der Waals surface area contributed by atoms with Gasteiger partial charge >= 0.3 is 0 Å². The van der Waals surface area contributed by atoms with E-state index in [1.165, 1.54) is 0 Å². The molecule has 5 aliphatic heterocycles. The summed E-state index contributed by atoms with van der Waals surface area (Å²) < 4.78 is 33.1. The minimum Gasteiger partial charge on any atom is -0.393 e. The van der Waals surface area contributed by atoms with Crippen LogP contribution >= 0.6 is 0 Å². The second kappa shape index (κ2) is 13.0. The third-order valence-corrected chi connectivity index (χ3v) is 24.2. The van der Waals surface area contributed by atoms with Gasteiger partial charge in [0, 0.05) is 41.4 Å². The van der Waals surface area contributed by atoms with Gasteiger partial charge in [-0.05, 0) is 125 Å². The molecule has 14 nitrogen and oxygen atoms in total. The first-order chi connectivity index (χ1) is 32.3. The van der Waals surface area contributed by atoms with Crippen molar-refractivity contribution < 1.29 is 59.1 Å². The third-order valence-electron chi connectivity index (χ3n) is 24.2. The molecule has 5 saturated heterocycles. The fraction of sp³-hybridized carbons (Fsp3) is 0.836. The summed E-state index contributed by atoms with van der Waals surface area (Å²) in [4.78, 5) is 26.2. The van der Waals surface area contributed by atoms with Gasteiger partial charge in [0.05, 0.1) is 64.8 Å². The topological polar surface area (TPSA) is 214 Å². The van der Waals surface area contributed by atoms with Crippen LogP contribution in [-0.2, 0) is 54.2 Å². The predicted octanol–water partition coefficient (Wildman–Crippen LogP) is 4.00. The van der Waals surface area contributed by atoms with Crippen molar-refractivity contribution in [1.29, 1.82) is 0 Å². The SMILES string of the molecule is C[C@@H]1[C@H]2C[C@@H]3O[C@@]34[C@]3(O)CC[C@H]5Cc6nc7c(nc6C[C@]5(C)C3=CC(=O)[C@]24CO[C@]12OC(C)(C)[C@@H](C)[C@H]2O)C[C@@H]1CC[C@H]2C3=C[C@@H]4O[C@]5(O[C@](C)(CO)C[C@H]5O)[C@@H](C)[C@]4(O)[C@@]3(C)[C@H](O)C[C@@H]2[C@@]1(C)C7. The van der Waals surface area contributed by atoms with Crippen molar-refractivity contribution in [3.8, 4) is 0 Å². The Morgan fingerprint density at radius 3 is 2.17 bits per heavy atom. The van der Waals surface area contributed by atoms with Crippen molar-refractivity contribution in [3.63, 3.8) is 0 Å². The molecule has 376 valence electrons. The van der Waals surface area contributed by atoms with Crippen LogP contribution in [0.15, 0.2) is 23.3 Å². The molecule has 1 aromatic rings. The molecule has 4 saturated carbocycles. The van der Waals surface area contributed by atoms with Crippen molar-refractivity contribution in [1.82, 2.24) is 9.97 Å². The maximum absolute atomic E-state index is 15.1. The summed E-state index contributed by atoms with van der Waals surface area (Å²) in [6, 6.07) is 0. The second-order valence-electron chi connectivity index (χ2n) is 26.9. The molecule has 23 atom stereocenters. The van der Waals surface area contributed by atoms with E-state index in [0.717, 1.165) is 66.0 Å². The lowest BCUT2D eigenvalue weighted by Gasteiger charge is -2.62. The number of carbonyl (C=O) groups is 1. The fourth-order valence-corrected chi connectivity index (χ4v) is 19.9. The summed E-state index contributed by atoms with van der Waals surface area (Å²) in [7, 11) is 0. The summed E-state index contributed by atoms with van der Waals surface area (Å²) in [5.74, 6) is -3.37. The molecule has 4 spiro atoms. The van der Waals surface area contributed by atoms with E-state index in [-0.39, 0.29) is 72.4 Å². The van der Waals surface area contributed by atoms with E-state index in [1.807, 2.05) is 34.6 Å². The van der Waals surface area contributed by atoms with Gasteiger partial charge in [0.15, 0.2) is 11.6 Å². The van der Waals surface area contributed by atoms with Crippen molar-refractivity contribution in [3.05, 3.63) is 46.1 Å². The minimum atomic E-state index is -1.52. The van der Waals surface area contributed by atoms with Crippen LogP contribution in [0.4, 0.5) is 0 Å². The van der Waals surface area contributed by atoms with Gasteiger partial charge in [-0.2, -0.15) is 0 Å². The Balaban J connectivity index is 0.755. The average molecular weight is 955 g/mol. The highest BCUT2D eigenvalue weighted by atomic mass is 16.7. The van der Waals surface area contributed by atoms with Gasteiger partial charge < -0.3 is 54.3 Å². The number of fused-ring (bicyclic) bond motifs is 12. The lowest BCUT2D eigenvalue weighted by molar-refractivity contribution is -0.347. The maximum Gasteiger partial charge on any atom is 0.201 e. The number of ketones is 1. The second-order valence-corrected chi connectivity index (χ2v) is 26.9. The van der Waals surface area contributed by atoms with Crippen LogP contribution in [0.25, 0.3) is 0 Å². The first-order valence-electron chi connectivity index (χ1n) is 26.7. The molecule has 0 bridgehead atoms. The van der Waals surface area contributed by atoms with Gasteiger partial charge in [-0.15, -0.1) is 0 Å². The number of hydrogen-bond donors (Lipinski definition) is 6. The number of rotatable bonds is 1. The highest BCUT2D eigenvalue weighted by molar-refractivity contribution is 6.01. The molecule has 13 aliphatic rings. The van der Waals surface area contributed by atoms with Crippen LogP contribution in [-0.4, -0.2) is 130 Å². The van der Waals surface area contributed by atoms with Crippen molar-refractivity contribution in [2.24, 2.45) is 69.0 Å². The first kappa shape index (κ1) is 45.4. The Morgan fingerprint density at radius 1 is 0.783 bits per heavy atom. The van der Waals surface area contributed by atoms with E-state index in [4.69, 9.17) is 33.7 Å². The molecular weight excluding hydrogens is 881 g/mol. The number of carbonyl (C=O) groups excluding carboxylic acids is 1. The molecule has 14 rings (SSSR count). The third kappa shape index (κ3) is 4.69. The number of allylic oxidation sites excluding steroid dienone is 1. The van der Waals surface area contributed by atoms with E-state index in [0.29, 0.717) is 38.0 Å². The molecule has 6 heterocycles. The van der Waals surface area contributed by atoms with Crippen LogP contribution < -0.4 is 0 Å². The molecule has 0 radical (unpaired) electrons. The lowest BCUT2D eigenvalue weighted by Crippen LogP contribution is -2.73. The van der Waals surface area contributed by atoms with Gasteiger partial charge in [0.25, 0.3) is 0 Å². The quantitative estimate of drug-likeness (QED) is 0.174. The Morgan fingerprint density at radius 2 is 1.49 bits per heavy atom. The zero-order chi connectivity index (χ0) is 48.6. The summed E-state index contributed by atoms with van der Waals surface area (Å²) in [5.41, 5.74) is -2.50. The van der Waals surface area contributed by atoms with Gasteiger partial charge in [0.1, 0.15) is 35.1 Å². The summed E-state index contributed by atoms with van der Waals surface area (Å²) in [5, 5.41) is 72.0. The number of hydrogen-bond acceptors (Lipinski definition) is 14. The number of nitrogens with zero attached hydrogens (tertiary/aromatic N) is 2. The highest BCUT2D eigenvalue weighted by Crippen LogP contribution is 2.79. The normalized spacial score (nSPS) is 59.6. The van der Waals surface area contributed by atoms with Crippen LogP contribution in [0.1, 0.15) is 130 Å². The molecule has 0 aromatic carbocycles. The van der Waals surface area contributed by atoms with E-state index in [1.54, 1.807) is 13.0 Å². The van der Waals surface area contributed by atoms with Crippen LogP contribution in [0.3, 0.4) is 0 Å². The molecule has 9 fully saturated rings. The lowest BCUT2D eigenvalue weighted by atomic mass is 9.44. The van der Waals surface area contributed by atoms with Gasteiger partial charge in [-0.3, -0.25) is 14.8 Å². The van der Waals surface area contributed by atoms with E-state index >= 15 is 4.79 Å². The van der Waals surface area contributed by atoms with E-state index in [9.17, 15) is 30.6 Å². The number of aliphatic hydroxyl groups is 6. The molecule has 8 aliphatic carbocycles. The monoisotopic (exact) mass is 955 g/mol. The van der Waals surface area contributed by atoms with Crippen LogP contribution in [0.5, 0.6) is 0 Å². The molecule has 1 aromatic heterocycles. The smallest absolute Gasteiger partial charge is 0.201 e. The summed E-state index contributed by atoms with van der Waals surface area (Å²) >= 11 is 0. The zero-order valence-electron chi connectivity index (χ0n) is 41.9. The van der Waals surface area contributed by atoms with E-state index < -0.39 is 86.2 Å². The van der Waals surface area contributed by atoms with Crippen LogP contribution in [0, 0.1) is 69.0 Å². The van der Waals surface area contributed by atoms with Crippen molar-refractivity contribution >= 4 is 5.78 Å². The van der Waals surface area contributed by atoms with E-state index in [2.05, 4.69) is 26.8 Å².